The summed E-state index contributed by atoms with van der Waals surface area (Å²) in [6, 6.07) is 9.12. The van der Waals surface area contributed by atoms with Gasteiger partial charge in [0.1, 0.15) is 0 Å². The highest BCUT2D eigenvalue weighted by atomic mass is 16.5. The van der Waals surface area contributed by atoms with Crippen molar-refractivity contribution in [3.05, 3.63) is 63.8 Å². The molecule has 7 heteroatoms. The molecule has 27 heavy (non-hydrogen) atoms. The van der Waals surface area contributed by atoms with Crippen LogP contribution in [0.5, 0.6) is 0 Å². The van der Waals surface area contributed by atoms with Gasteiger partial charge in [0.05, 0.1) is 36.4 Å². The van der Waals surface area contributed by atoms with Crippen molar-refractivity contribution in [3.8, 4) is 0 Å². The number of pyridine rings is 1. The molecule has 0 saturated carbocycles. The fraction of sp³-hybridized carbons (Fsp3) is 0.350. The number of aromatic nitrogens is 3. The number of nitrogens with one attached hydrogen (secondary N) is 1. The Labute approximate surface area is 157 Å². The van der Waals surface area contributed by atoms with E-state index in [1.807, 2.05) is 26.0 Å². The third kappa shape index (κ3) is 4.09. The Bertz CT molecular complexity index is 1010. The molecule has 0 spiro atoms. The SMILES string of the molecule is CCOCCn1c(=O)[nH]c2cc(C(=O)N(C)Cc3ncccc3C)ccc21. The second-order valence-corrected chi connectivity index (χ2v) is 6.44. The summed E-state index contributed by atoms with van der Waals surface area (Å²) in [5.74, 6) is -0.120. The molecule has 1 N–H and O–H groups in total. The van der Waals surface area contributed by atoms with E-state index in [9.17, 15) is 9.59 Å². The predicted octanol–water partition coefficient (Wildman–Crippen LogP) is 2.34. The van der Waals surface area contributed by atoms with Crippen LogP contribution in [-0.2, 0) is 17.8 Å². The van der Waals surface area contributed by atoms with Gasteiger partial charge in [-0.3, -0.25) is 14.3 Å². The minimum atomic E-state index is -0.202. The fourth-order valence-corrected chi connectivity index (χ4v) is 3.02. The minimum absolute atomic E-state index is 0.120. The number of aryl methyl sites for hydroxylation is 1. The van der Waals surface area contributed by atoms with Gasteiger partial charge in [-0.2, -0.15) is 0 Å². The highest BCUT2D eigenvalue weighted by Crippen LogP contribution is 2.16. The highest BCUT2D eigenvalue weighted by Gasteiger charge is 2.16. The van der Waals surface area contributed by atoms with Crippen LogP contribution in [0.3, 0.4) is 0 Å². The third-order valence-corrected chi connectivity index (χ3v) is 4.54. The number of aromatic amines is 1. The van der Waals surface area contributed by atoms with E-state index >= 15 is 0 Å². The first-order chi connectivity index (χ1) is 13.0. The second kappa shape index (κ2) is 8.18. The predicted molar refractivity (Wildman–Crippen MR) is 104 cm³/mol. The summed E-state index contributed by atoms with van der Waals surface area (Å²) in [5.41, 5.74) is 3.64. The van der Waals surface area contributed by atoms with Gasteiger partial charge in [0.15, 0.2) is 0 Å². The van der Waals surface area contributed by atoms with Crippen LogP contribution in [0.15, 0.2) is 41.3 Å². The van der Waals surface area contributed by atoms with Crippen molar-refractivity contribution < 1.29 is 9.53 Å². The van der Waals surface area contributed by atoms with Gasteiger partial charge in [0.2, 0.25) is 0 Å². The van der Waals surface area contributed by atoms with Gasteiger partial charge < -0.3 is 14.6 Å². The lowest BCUT2D eigenvalue weighted by Crippen LogP contribution is -2.27. The monoisotopic (exact) mass is 368 g/mol. The van der Waals surface area contributed by atoms with E-state index in [1.54, 1.807) is 40.9 Å². The van der Waals surface area contributed by atoms with Gasteiger partial charge in [0.25, 0.3) is 5.91 Å². The molecular formula is C20H24N4O3. The molecule has 7 nitrogen and oxygen atoms in total. The number of carbonyl (C=O) groups is 1. The summed E-state index contributed by atoms with van der Waals surface area (Å²) in [6.07, 6.45) is 1.72. The molecular weight excluding hydrogens is 344 g/mol. The van der Waals surface area contributed by atoms with Crippen molar-refractivity contribution in [1.82, 2.24) is 19.4 Å². The van der Waals surface area contributed by atoms with Crippen LogP contribution >= 0.6 is 0 Å². The van der Waals surface area contributed by atoms with E-state index in [1.165, 1.54) is 0 Å². The first-order valence-electron chi connectivity index (χ1n) is 8.97. The molecule has 1 amide bonds. The number of nitrogens with zero attached hydrogens (tertiary/aromatic N) is 3. The lowest BCUT2D eigenvalue weighted by atomic mass is 10.1. The minimum Gasteiger partial charge on any atom is -0.380 e. The smallest absolute Gasteiger partial charge is 0.326 e. The first-order valence-corrected chi connectivity index (χ1v) is 8.97. The second-order valence-electron chi connectivity index (χ2n) is 6.44. The molecule has 0 unspecified atom stereocenters. The summed E-state index contributed by atoms with van der Waals surface area (Å²) in [4.78, 5) is 33.7. The number of hydrogen-bond acceptors (Lipinski definition) is 4. The summed E-state index contributed by atoms with van der Waals surface area (Å²) < 4.78 is 6.96. The zero-order chi connectivity index (χ0) is 19.4. The van der Waals surface area contributed by atoms with E-state index in [4.69, 9.17) is 4.74 Å². The molecule has 2 heterocycles. The van der Waals surface area contributed by atoms with Crippen molar-refractivity contribution in [2.24, 2.45) is 0 Å². The fourth-order valence-electron chi connectivity index (χ4n) is 3.02. The largest absolute Gasteiger partial charge is 0.380 e. The molecule has 0 fully saturated rings. The van der Waals surface area contributed by atoms with Gasteiger partial charge in [-0.1, -0.05) is 6.07 Å². The number of carbonyl (C=O) groups excluding carboxylic acids is 1. The van der Waals surface area contributed by atoms with Crippen molar-refractivity contribution in [3.63, 3.8) is 0 Å². The van der Waals surface area contributed by atoms with Gasteiger partial charge in [0, 0.05) is 25.4 Å². The van der Waals surface area contributed by atoms with E-state index in [2.05, 4.69) is 9.97 Å². The maximum Gasteiger partial charge on any atom is 0.326 e. The maximum atomic E-state index is 12.8. The van der Waals surface area contributed by atoms with E-state index in [0.29, 0.717) is 37.4 Å². The van der Waals surface area contributed by atoms with Crippen LogP contribution in [0, 0.1) is 6.92 Å². The van der Waals surface area contributed by atoms with Gasteiger partial charge >= 0.3 is 5.69 Å². The van der Waals surface area contributed by atoms with Gasteiger partial charge in [-0.25, -0.2) is 4.79 Å². The van der Waals surface area contributed by atoms with Crippen LogP contribution in [-0.4, -0.2) is 45.6 Å². The van der Waals surface area contributed by atoms with Crippen LogP contribution in [0.2, 0.25) is 0 Å². The van der Waals surface area contributed by atoms with E-state index in [0.717, 1.165) is 16.8 Å². The number of benzene rings is 1. The Morgan fingerprint density at radius 1 is 1.33 bits per heavy atom. The van der Waals surface area contributed by atoms with Crippen molar-refractivity contribution >= 4 is 16.9 Å². The van der Waals surface area contributed by atoms with Crippen LogP contribution < -0.4 is 5.69 Å². The number of amides is 1. The quantitative estimate of drug-likeness (QED) is 0.649. The molecule has 0 aliphatic rings. The van der Waals surface area contributed by atoms with E-state index in [-0.39, 0.29) is 11.6 Å². The highest BCUT2D eigenvalue weighted by molar-refractivity contribution is 5.97. The summed E-state index contributed by atoms with van der Waals surface area (Å²) in [6.45, 7) is 5.86. The normalized spacial score (nSPS) is 11.1. The Kier molecular flexibility index (Phi) is 5.71. The molecule has 0 bridgehead atoms. The molecule has 142 valence electrons. The Balaban J connectivity index is 1.81. The van der Waals surface area contributed by atoms with E-state index < -0.39 is 0 Å². The average Bonchev–Trinajstić information content (AvgIpc) is 2.97. The summed E-state index contributed by atoms with van der Waals surface area (Å²) >= 11 is 0. The molecule has 3 aromatic rings. The average molecular weight is 368 g/mol. The topological polar surface area (TPSA) is 80.2 Å². The number of H-pyrrole nitrogens is 1. The molecule has 1 aromatic carbocycles. The zero-order valence-electron chi connectivity index (χ0n) is 15.9. The zero-order valence-corrected chi connectivity index (χ0v) is 15.9. The molecule has 3 rings (SSSR count). The lowest BCUT2D eigenvalue weighted by molar-refractivity contribution is 0.0783. The van der Waals surface area contributed by atoms with Gasteiger partial charge in [-0.15, -0.1) is 0 Å². The maximum absolute atomic E-state index is 12.8. The number of rotatable bonds is 7. The summed E-state index contributed by atoms with van der Waals surface area (Å²) in [7, 11) is 1.75. The molecule has 0 aliphatic carbocycles. The van der Waals surface area contributed by atoms with Crippen molar-refractivity contribution in [2.45, 2.75) is 26.9 Å². The molecule has 0 aliphatic heterocycles. The molecule has 0 saturated heterocycles. The first kappa shape index (κ1) is 18.8. The van der Waals surface area contributed by atoms with Crippen LogP contribution in [0.1, 0.15) is 28.5 Å². The molecule has 0 atom stereocenters. The Morgan fingerprint density at radius 3 is 2.89 bits per heavy atom. The third-order valence-electron chi connectivity index (χ3n) is 4.54. The van der Waals surface area contributed by atoms with Crippen LogP contribution in [0.25, 0.3) is 11.0 Å². The van der Waals surface area contributed by atoms with Crippen molar-refractivity contribution in [2.75, 3.05) is 20.3 Å². The molecule has 0 radical (unpaired) electrons. The summed E-state index contributed by atoms with van der Waals surface area (Å²) in [5, 5.41) is 0. The van der Waals surface area contributed by atoms with Gasteiger partial charge in [-0.05, 0) is 43.7 Å². The number of fused-ring (bicyclic) bond motifs is 1. The number of ether oxygens (including phenoxy) is 1. The van der Waals surface area contributed by atoms with Crippen LogP contribution in [0.4, 0.5) is 0 Å². The number of imidazole rings is 1. The standard InChI is InChI=1S/C20H24N4O3/c1-4-27-11-10-24-18-8-7-15(12-16(18)22-20(24)26)19(25)23(3)13-17-14(2)6-5-9-21-17/h5-9,12H,4,10-11,13H2,1-3H3,(H,22,26). The number of hydrogen-bond donors (Lipinski definition) is 1. The lowest BCUT2D eigenvalue weighted by Gasteiger charge is -2.18. The van der Waals surface area contributed by atoms with Crippen molar-refractivity contribution in [1.29, 1.82) is 0 Å². The molecule has 2 aromatic heterocycles. The Morgan fingerprint density at radius 2 is 2.15 bits per heavy atom. The Hall–Kier alpha value is -2.93.